The molecule has 0 unspecified atom stereocenters. The number of aryl methyl sites for hydroxylation is 1. The Bertz CT molecular complexity index is 741. The third kappa shape index (κ3) is 3.85. The largest absolute Gasteiger partial charge is 0.493 e. The van der Waals surface area contributed by atoms with Crippen LogP contribution in [0.4, 0.5) is 10.1 Å². The van der Waals surface area contributed by atoms with Crippen molar-refractivity contribution in [3.63, 3.8) is 0 Å². The minimum Gasteiger partial charge on any atom is -0.493 e. The van der Waals surface area contributed by atoms with Crippen LogP contribution in [0.25, 0.3) is 0 Å². The van der Waals surface area contributed by atoms with Crippen molar-refractivity contribution in [1.29, 1.82) is 0 Å². The molecule has 1 fully saturated rings. The molecule has 0 spiro atoms. The summed E-state index contributed by atoms with van der Waals surface area (Å²) < 4.78 is 20.0. The van der Waals surface area contributed by atoms with Gasteiger partial charge in [-0.3, -0.25) is 4.90 Å². The Morgan fingerprint density at radius 1 is 0.923 bits per heavy atom. The highest BCUT2D eigenvalue weighted by Gasteiger charge is 2.19. The first-order valence-electron chi connectivity index (χ1n) is 9.77. The second-order valence-electron chi connectivity index (χ2n) is 7.23. The molecule has 0 atom stereocenters. The molecular formula is C22H27FN2O. The molecule has 1 aliphatic heterocycles. The van der Waals surface area contributed by atoms with E-state index in [0.717, 1.165) is 63.6 Å². The Morgan fingerprint density at radius 3 is 2.62 bits per heavy atom. The maximum atomic E-state index is 13.9. The number of fused-ring (bicyclic) bond motifs is 1. The number of nitrogens with zero attached hydrogens (tertiary/aromatic N) is 2. The van der Waals surface area contributed by atoms with Gasteiger partial charge in [0.1, 0.15) is 11.6 Å². The molecule has 1 saturated heterocycles. The molecular weight excluding hydrogens is 327 g/mol. The molecule has 0 N–H and O–H groups in total. The molecule has 1 aliphatic carbocycles. The van der Waals surface area contributed by atoms with E-state index < -0.39 is 0 Å². The monoisotopic (exact) mass is 354 g/mol. The van der Waals surface area contributed by atoms with Crippen LogP contribution in [0, 0.1) is 5.82 Å². The predicted molar refractivity (Wildman–Crippen MR) is 104 cm³/mol. The third-order valence-corrected chi connectivity index (χ3v) is 5.54. The Balaban J connectivity index is 1.20. The highest BCUT2D eigenvalue weighted by atomic mass is 19.1. The SMILES string of the molecule is Fc1ccccc1N1CCN(CCCOc2cccc3c2CCC3)CC1. The maximum Gasteiger partial charge on any atom is 0.146 e. The summed E-state index contributed by atoms with van der Waals surface area (Å²) in [7, 11) is 0. The van der Waals surface area contributed by atoms with Crippen molar-refractivity contribution in [3.8, 4) is 5.75 Å². The van der Waals surface area contributed by atoms with E-state index in [1.165, 1.54) is 24.0 Å². The number of ether oxygens (including phenoxy) is 1. The number of rotatable bonds is 6. The lowest BCUT2D eigenvalue weighted by Crippen LogP contribution is -2.47. The third-order valence-electron chi connectivity index (χ3n) is 5.54. The summed E-state index contributed by atoms with van der Waals surface area (Å²) in [5.41, 5.74) is 3.62. The summed E-state index contributed by atoms with van der Waals surface area (Å²) in [4.78, 5) is 4.60. The lowest BCUT2D eigenvalue weighted by molar-refractivity contribution is 0.224. The van der Waals surface area contributed by atoms with Crippen molar-refractivity contribution in [1.82, 2.24) is 4.90 Å². The van der Waals surface area contributed by atoms with Gasteiger partial charge in [-0.2, -0.15) is 0 Å². The average molecular weight is 354 g/mol. The van der Waals surface area contributed by atoms with E-state index in [-0.39, 0.29) is 5.82 Å². The fourth-order valence-corrected chi connectivity index (χ4v) is 4.11. The fourth-order valence-electron chi connectivity index (χ4n) is 4.11. The van der Waals surface area contributed by atoms with Gasteiger partial charge in [-0.05, 0) is 55.0 Å². The van der Waals surface area contributed by atoms with Crippen LogP contribution in [0.3, 0.4) is 0 Å². The molecule has 3 nitrogen and oxygen atoms in total. The van der Waals surface area contributed by atoms with Crippen LogP contribution >= 0.6 is 0 Å². The quantitative estimate of drug-likeness (QED) is 0.732. The van der Waals surface area contributed by atoms with Gasteiger partial charge >= 0.3 is 0 Å². The van der Waals surface area contributed by atoms with Gasteiger partial charge in [-0.15, -0.1) is 0 Å². The molecule has 0 saturated carbocycles. The smallest absolute Gasteiger partial charge is 0.146 e. The predicted octanol–water partition coefficient (Wildman–Crippen LogP) is 3.91. The zero-order chi connectivity index (χ0) is 17.8. The number of piperazine rings is 1. The maximum absolute atomic E-state index is 13.9. The highest BCUT2D eigenvalue weighted by molar-refractivity contribution is 5.48. The van der Waals surface area contributed by atoms with Crippen LogP contribution in [-0.2, 0) is 12.8 Å². The highest BCUT2D eigenvalue weighted by Crippen LogP contribution is 2.30. The fraction of sp³-hybridized carbons (Fsp3) is 0.455. The molecule has 4 heteroatoms. The molecule has 1 heterocycles. The van der Waals surface area contributed by atoms with Gasteiger partial charge in [-0.25, -0.2) is 4.39 Å². The second kappa shape index (κ2) is 8.09. The molecule has 0 aromatic heterocycles. The van der Waals surface area contributed by atoms with Crippen LogP contribution in [0.15, 0.2) is 42.5 Å². The summed E-state index contributed by atoms with van der Waals surface area (Å²) >= 11 is 0. The van der Waals surface area contributed by atoms with Crippen molar-refractivity contribution >= 4 is 5.69 Å². The van der Waals surface area contributed by atoms with E-state index in [1.54, 1.807) is 12.1 Å². The Morgan fingerprint density at radius 2 is 1.77 bits per heavy atom. The first-order valence-corrected chi connectivity index (χ1v) is 9.77. The number of anilines is 1. The summed E-state index contributed by atoms with van der Waals surface area (Å²) in [6.45, 7) is 5.54. The van der Waals surface area contributed by atoms with E-state index in [9.17, 15) is 4.39 Å². The topological polar surface area (TPSA) is 15.7 Å². The first kappa shape index (κ1) is 17.3. The van der Waals surface area contributed by atoms with Gasteiger partial charge in [0.05, 0.1) is 12.3 Å². The number of hydrogen-bond donors (Lipinski definition) is 0. The van der Waals surface area contributed by atoms with E-state index in [0.29, 0.717) is 0 Å². The molecule has 0 radical (unpaired) electrons. The van der Waals surface area contributed by atoms with Gasteiger partial charge in [0.2, 0.25) is 0 Å². The average Bonchev–Trinajstić information content (AvgIpc) is 3.16. The van der Waals surface area contributed by atoms with Crippen LogP contribution in [0.2, 0.25) is 0 Å². The molecule has 2 aliphatic rings. The lowest BCUT2D eigenvalue weighted by atomic mass is 10.1. The van der Waals surface area contributed by atoms with Gasteiger partial charge < -0.3 is 9.64 Å². The van der Waals surface area contributed by atoms with E-state index in [1.807, 2.05) is 12.1 Å². The zero-order valence-electron chi connectivity index (χ0n) is 15.3. The molecule has 26 heavy (non-hydrogen) atoms. The summed E-state index contributed by atoms with van der Waals surface area (Å²) in [5, 5.41) is 0. The minimum absolute atomic E-state index is 0.121. The molecule has 0 bridgehead atoms. The number of halogens is 1. The normalized spacial score (nSPS) is 17.3. The van der Waals surface area contributed by atoms with Crippen molar-refractivity contribution in [2.45, 2.75) is 25.7 Å². The Kier molecular flexibility index (Phi) is 5.40. The lowest BCUT2D eigenvalue weighted by Gasteiger charge is -2.36. The standard InChI is InChI=1S/C22H27FN2O/c23-20-9-1-2-10-21(20)25-15-13-24(14-16-25)12-5-17-26-22-11-4-7-18-6-3-8-19(18)22/h1-2,4,7,9-11H,3,5-6,8,12-17H2. The molecule has 2 aromatic carbocycles. The first-order chi connectivity index (χ1) is 12.8. The molecule has 0 amide bonds. The van der Waals surface area contributed by atoms with Crippen molar-refractivity contribution in [3.05, 3.63) is 59.4 Å². The second-order valence-corrected chi connectivity index (χ2v) is 7.23. The summed E-state index contributed by atoms with van der Waals surface area (Å²) in [6, 6.07) is 13.5. The van der Waals surface area contributed by atoms with Gasteiger partial charge in [0, 0.05) is 32.7 Å². The number of hydrogen-bond acceptors (Lipinski definition) is 3. The molecule has 4 rings (SSSR count). The van der Waals surface area contributed by atoms with Gasteiger partial charge in [0.15, 0.2) is 0 Å². The Labute approximate surface area is 155 Å². The minimum atomic E-state index is -0.121. The van der Waals surface area contributed by atoms with Crippen molar-refractivity contribution < 1.29 is 9.13 Å². The number of para-hydroxylation sites is 1. The van der Waals surface area contributed by atoms with E-state index in [4.69, 9.17) is 4.74 Å². The van der Waals surface area contributed by atoms with E-state index in [2.05, 4.69) is 28.0 Å². The summed E-state index contributed by atoms with van der Waals surface area (Å²) in [6.07, 6.45) is 4.63. The van der Waals surface area contributed by atoms with Crippen LogP contribution in [0.5, 0.6) is 5.75 Å². The summed E-state index contributed by atoms with van der Waals surface area (Å²) in [5.74, 6) is 0.967. The van der Waals surface area contributed by atoms with Crippen molar-refractivity contribution in [2.24, 2.45) is 0 Å². The van der Waals surface area contributed by atoms with Crippen molar-refractivity contribution in [2.75, 3.05) is 44.2 Å². The van der Waals surface area contributed by atoms with Gasteiger partial charge in [0.25, 0.3) is 0 Å². The molecule has 2 aromatic rings. The van der Waals surface area contributed by atoms with Gasteiger partial charge in [-0.1, -0.05) is 24.3 Å². The molecule has 138 valence electrons. The number of benzene rings is 2. The Hall–Kier alpha value is -2.07. The van der Waals surface area contributed by atoms with Crippen LogP contribution in [0.1, 0.15) is 24.0 Å². The van der Waals surface area contributed by atoms with E-state index >= 15 is 0 Å². The zero-order valence-corrected chi connectivity index (χ0v) is 15.3. The van der Waals surface area contributed by atoms with Crippen LogP contribution < -0.4 is 9.64 Å². The van der Waals surface area contributed by atoms with Crippen LogP contribution in [-0.4, -0.2) is 44.2 Å².